The molecular weight excluding hydrogens is 1790 g/mol. The molecule has 0 N–H and O–H groups in total. The summed E-state index contributed by atoms with van der Waals surface area (Å²) in [6.45, 7) is 60.3. The van der Waals surface area contributed by atoms with E-state index in [1.165, 1.54) is 134 Å². The highest BCUT2D eigenvalue weighted by Gasteiger charge is 2.14. The topological polar surface area (TPSA) is 51.6 Å². The average molecular weight is 1940 g/mol. The van der Waals surface area contributed by atoms with Gasteiger partial charge in [-0.3, -0.25) is 9.97 Å². The number of nitrogens with zero attached hydrogens (tertiary/aromatic N) is 4. The first kappa shape index (κ1) is 128. The highest BCUT2D eigenvalue weighted by atomic mass is 19.2. The molecule has 16 rings (SSSR count). The molecule has 758 valence electrons. The third-order valence-corrected chi connectivity index (χ3v) is 21.3. The molecular formula is C125H154F12N4. The van der Waals surface area contributed by atoms with Gasteiger partial charge in [-0.1, -0.05) is 274 Å². The second-order valence-corrected chi connectivity index (χ2v) is 36.1. The van der Waals surface area contributed by atoms with E-state index in [0.29, 0.717) is 66.8 Å². The lowest BCUT2D eigenvalue weighted by atomic mass is 9.84. The summed E-state index contributed by atoms with van der Waals surface area (Å²) in [5, 5.41) is 0. The summed E-state index contributed by atoms with van der Waals surface area (Å²) in [4.78, 5) is 15.4. The van der Waals surface area contributed by atoms with Gasteiger partial charge in [-0.25, -0.2) is 53.9 Å². The Bertz CT molecular complexity index is 5010. The summed E-state index contributed by atoms with van der Waals surface area (Å²) >= 11 is 0. The molecule has 141 heavy (non-hydrogen) atoms. The average Bonchev–Trinajstić information content (AvgIpc) is 0.805. The number of rotatable bonds is 0. The van der Waals surface area contributed by atoms with Gasteiger partial charge < -0.3 is 0 Å². The molecule has 0 spiro atoms. The third-order valence-electron chi connectivity index (χ3n) is 21.3. The van der Waals surface area contributed by atoms with Crippen molar-refractivity contribution in [3.05, 3.63) is 505 Å². The van der Waals surface area contributed by atoms with Crippen LogP contribution in [0.4, 0.5) is 52.7 Å². The number of aromatic nitrogens is 4. The van der Waals surface area contributed by atoms with E-state index in [-0.39, 0.29) is 54.2 Å². The molecule has 1 fully saturated rings. The maximum atomic E-state index is 12.6. The van der Waals surface area contributed by atoms with Crippen LogP contribution in [0.5, 0.6) is 0 Å². The van der Waals surface area contributed by atoms with Crippen molar-refractivity contribution in [2.45, 2.75) is 255 Å². The summed E-state index contributed by atoms with van der Waals surface area (Å²) in [5.41, 5.74) is 26.7. The van der Waals surface area contributed by atoms with Crippen LogP contribution in [0.3, 0.4) is 0 Å². The van der Waals surface area contributed by atoms with Gasteiger partial charge in [0.1, 0.15) is 34.9 Å². The van der Waals surface area contributed by atoms with Crippen molar-refractivity contribution in [2.75, 3.05) is 0 Å². The quantitative estimate of drug-likeness (QED) is 0.112. The molecule has 1 saturated carbocycles. The minimum atomic E-state index is -0.736. The van der Waals surface area contributed by atoms with E-state index in [1.54, 1.807) is 154 Å². The SMILES string of the molecule is C.CC1CCC(C)CC1.Cc1ccc(C)c(F)c1.Cc1ccc(C)c(F)c1.Cc1ccc(C)c(F)c1.Cc1ccc(C)c(F)c1.Cc1ccc(C)c(F)c1.Cc1ccc(C)c(F)c1.Cc1ccc(C)c(F)c1F.Cc1ccc(C)c(F)c1F.Cc1ccc(C)c(F)n1.Cc1ccc(C)c(F)n1.Cc1ccc(C)cc1.Cc1ccc(C)cc1.Cc1ccc(C)cc1.Cc1ccc(C)nc1.Cc1ccc(C)nc1. The molecule has 1 aliphatic carbocycles. The highest BCUT2D eigenvalue weighted by Crippen LogP contribution is 2.27. The fraction of sp³-hybridized carbons (Fsp3) is 0.312. The molecule has 0 amide bonds. The van der Waals surface area contributed by atoms with Crippen molar-refractivity contribution in [3.8, 4) is 0 Å². The summed E-state index contributed by atoms with van der Waals surface area (Å²) in [7, 11) is 0. The fourth-order valence-corrected chi connectivity index (χ4v) is 11.3. The molecule has 16 heteroatoms. The molecule has 0 atom stereocenters. The van der Waals surface area contributed by atoms with Crippen molar-refractivity contribution < 1.29 is 52.7 Å². The second kappa shape index (κ2) is 69.1. The Morgan fingerprint density at radius 2 is 0.312 bits per heavy atom. The molecule has 0 bridgehead atoms. The Morgan fingerprint density at radius 3 is 0.440 bits per heavy atom. The first-order valence-electron chi connectivity index (χ1n) is 46.8. The number of hydrogen-bond acceptors (Lipinski definition) is 4. The largest absolute Gasteiger partial charge is 0.261 e. The zero-order valence-electron chi connectivity index (χ0n) is 88.7. The molecule has 15 aromatic rings. The summed E-state index contributed by atoms with van der Waals surface area (Å²) in [6.07, 6.45) is 9.63. The van der Waals surface area contributed by atoms with Gasteiger partial charge in [0.15, 0.2) is 23.3 Å². The lowest BCUT2D eigenvalue weighted by Crippen LogP contribution is -2.08. The maximum absolute atomic E-state index is 12.6. The van der Waals surface area contributed by atoms with E-state index >= 15 is 0 Å². The highest BCUT2D eigenvalue weighted by molar-refractivity contribution is 5.31. The van der Waals surface area contributed by atoms with Crippen LogP contribution in [-0.2, 0) is 0 Å². The van der Waals surface area contributed by atoms with Crippen LogP contribution < -0.4 is 0 Å². The smallest absolute Gasteiger partial charge is 0.215 e. The number of aryl methyl sites for hydroxylation is 30. The van der Waals surface area contributed by atoms with Gasteiger partial charge in [0.25, 0.3) is 0 Å². The Balaban J connectivity index is 0.00000148. The van der Waals surface area contributed by atoms with Gasteiger partial charge in [-0.05, 0) is 380 Å². The van der Waals surface area contributed by atoms with Crippen LogP contribution in [0.2, 0.25) is 0 Å². The molecule has 0 saturated heterocycles. The summed E-state index contributed by atoms with van der Waals surface area (Å²) < 4.78 is 151. The predicted octanol–water partition coefficient (Wildman–Crippen LogP) is 37.3. The van der Waals surface area contributed by atoms with Crippen LogP contribution in [0.25, 0.3) is 0 Å². The van der Waals surface area contributed by atoms with E-state index in [4.69, 9.17) is 0 Å². The summed E-state index contributed by atoms with van der Waals surface area (Å²) in [5.74, 6) is -2.33. The van der Waals surface area contributed by atoms with Crippen LogP contribution in [0.1, 0.15) is 214 Å². The second-order valence-electron chi connectivity index (χ2n) is 36.1. The molecule has 4 aromatic heterocycles. The molecule has 0 radical (unpaired) electrons. The molecule has 0 aliphatic heterocycles. The Kier molecular flexibility index (Phi) is 62.8. The molecule has 11 aromatic carbocycles. The standard InChI is InChI=1S/2C8H8F2.6C8H9F.C8H16.3C8H10.2C7H8FN.2C7H9N.CH4/c2*1-5-3-4-6(2)8(10)7(5)9;6*1-6-3-4-7(2)8(9)5-6;4*1-7-3-5-8(2)6-4-7;2*1-5-3-4-6(2)9-7(5)8;2*1-6-3-4-7(2)8-5-6;/h2*3-4H,1-2H3;6*3-5H,1-2H3;7-8H,3-6H2,1-2H3;3*3-6H,1-2H3;2*3-4H,1-2H3;2*3-5H,1-2H3;1H4. The number of hydrogen-bond donors (Lipinski definition) is 0. The van der Waals surface area contributed by atoms with Gasteiger partial charge in [0.05, 0.1) is 0 Å². The monoisotopic (exact) mass is 1940 g/mol. The van der Waals surface area contributed by atoms with Crippen LogP contribution in [0, 0.1) is 290 Å². The zero-order valence-corrected chi connectivity index (χ0v) is 88.7. The lowest BCUT2D eigenvalue weighted by Gasteiger charge is -2.22. The first-order chi connectivity index (χ1) is 65.6. The van der Waals surface area contributed by atoms with E-state index < -0.39 is 23.3 Å². The van der Waals surface area contributed by atoms with Crippen molar-refractivity contribution in [3.63, 3.8) is 0 Å². The first-order valence-corrected chi connectivity index (χ1v) is 46.8. The van der Waals surface area contributed by atoms with E-state index in [2.05, 4.69) is 160 Å². The van der Waals surface area contributed by atoms with Crippen molar-refractivity contribution in [1.82, 2.24) is 19.9 Å². The molecule has 1 aliphatic rings. The normalized spacial score (nSPS) is 11.2. The van der Waals surface area contributed by atoms with Gasteiger partial charge in [-0.2, -0.15) is 8.78 Å². The zero-order chi connectivity index (χ0) is 106. The van der Waals surface area contributed by atoms with Gasteiger partial charge >= 0.3 is 0 Å². The fourth-order valence-electron chi connectivity index (χ4n) is 11.3. The van der Waals surface area contributed by atoms with Crippen LogP contribution >= 0.6 is 0 Å². The van der Waals surface area contributed by atoms with Crippen LogP contribution in [-0.4, -0.2) is 19.9 Å². The number of benzene rings is 11. The lowest BCUT2D eigenvalue weighted by molar-refractivity contribution is 0.308. The maximum Gasteiger partial charge on any atom is 0.215 e. The van der Waals surface area contributed by atoms with E-state index in [1.807, 2.05) is 130 Å². The molecule has 0 unspecified atom stereocenters. The van der Waals surface area contributed by atoms with E-state index in [0.717, 1.165) is 68.0 Å². The minimum Gasteiger partial charge on any atom is -0.261 e. The van der Waals surface area contributed by atoms with E-state index in [9.17, 15) is 52.7 Å². The Hall–Kier alpha value is -12.8. The Morgan fingerprint density at radius 1 is 0.170 bits per heavy atom. The van der Waals surface area contributed by atoms with Gasteiger partial charge in [-0.15, -0.1) is 0 Å². The third kappa shape index (κ3) is 58.1. The number of pyridine rings is 4. The van der Waals surface area contributed by atoms with Crippen LogP contribution in [0.15, 0.2) is 267 Å². The van der Waals surface area contributed by atoms with Crippen molar-refractivity contribution in [1.29, 1.82) is 0 Å². The van der Waals surface area contributed by atoms with Crippen molar-refractivity contribution in [2.24, 2.45) is 11.8 Å². The Labute approximate surface area is 838 Å². The number of halogens is 12. The van der Waals surface area contributed by atoms with Crippen molar-refractivity contribution >= 4 is 0 Å². The van der Waals surface area contributed by atoms with Gasteiger partial charge in [0, 0.05) is 46.3 Å². The predicted molar refractivity (Wildman–Crippen MR) is 573 cm³/mol. The molecule has 4 nitrogen and oxygen atoms in total. The van der Waals surface area contributed by atoms with Gasteiger partial charge in [0.2, 0.25) is 11.9 Å². The minimum absolute atomic E-state index is 0. The summed E-state index contributed by atoms with van der Waals surface area (Å²) in [6, 6.07) is 78.2. The molecule has 4 heterocycles.